The van der Waals surface area contributed by atoms with E-state index in [4.69, 9.17) is 4.74 Å². The second kappa shape index (κ2) is 8.00. The Bertz CT molecular complexity index is 590. The van der Waals surface area contributed by atoms with Gasteiger partial charge < -0.3 is 15.0 Å². The molecule has 0 spiro atoms. The zero-order valence-electron chi connectivity index (χ0n) is 15.0. The lowest BCUT2D eigenvalue weighted by atomic mass is 9.87. The second-order valence-corrected chi connectivity index (χ2v) is 7.38. The maximum atomic E-state index is 13.0. The zero-order chi connectivity index (χ0) is 17.7. The number of nitrogens with zero attached hydrogens (tertiary/aromatic N) is 1. The molecule has 0 bridgehead atoms. The van der Waals surface area contributed by atoms with Crippen LogP contribution in [0.15, 0.2) is 30.3 Å². The molecule has 0 unspecified atom stereocenters. The first kappa shape index (κ1) is 17.9. The molecule has 1 aromatic rings. The zero-order valence-corrected chi connectivity index (χ0v) is 15.0. The van der Waals surface area contributed by atoms with Crippen LogP contribution in [0.3, 0.4) is 0 Å². The molecule has 0 radical (unpaired) electrons. The SMILES string of the molecule is CC1(C(=O)NC[C@@H](C(=O)N2CCOCC2)c2ccccc2)CCCC1. The van der Waals surface area contributed by atoms with Crippen LogP contribution in [0.5, 0.6) is 0 Å². The average Bonchev–Trinajstić information content (AvgIpc) is 3.11. The third-order valence-corrected chi connectivity index (χ3v) is 5.54. The van der Waals surface area contributed by atoms with Crippen molar-refractivity contribution in [3.05, 3.63) is 35.9 Å². The van der Waals surface area contributed by atoms with Gasteiger partial charge >= 0.3 is 0 Å². The Balaban J connectivity index is 1.70. The van der Waals surface area contributed by atoms with E-state index >= 15 is 0 Å². The van der Waals surface area contributed by atoms with Gasteiger partial charge in [-0.1, -0.05) is 50.1 Å². The number of nitrogens with one attached hydrogen (secondary N) is 1. The lowest BCUT2D eigenvalue weighted by molar-refractivity contribution is -0.137. The molecule has 3 rings (SSSR count). The van der Waals surface area contributed by atoms with E-state index in [1.807, 2.05) is 42.2 Å². The van der Waals surface area contributed by atoms with Crippen LogP contribution < -0.4 is 5.32 Å². The van der Waals surface area contributed by atoms with Crippen molar-refractivity contribution in [1.29, 1.82) is 0 Å². The van der Waals surface area contributed by atoms with Gasteiger partial charge in [0, 0.05) is 25.0 Å². The molecule has 1 saturated heterocycles. The van der Waals surface area contributed by atoms with Crippen molar-refractivity contribution in [2.75, 3.05) is 32.8 Å². The number of benzene rings is 1. The minimum Gasteiger partial charge on any atom is -0.378 e. The molecule has 5 heteroatoms. The van der Waals surface area contributed by atoms with Gasteiger partial charge in [0.1, 0.15) is 0 Å². The molecule has 1 aliphatic carbocycles. The molecule has 1 atom stereocenters. The van der Waals surface area contributed by atoms with Crippen molar-refractivity contribution in [2.24, 2.45) is 5.41 Å². The number of rotatable bonds is 5. The summed E-state index contributed by atoms with van der Waals surface area (Å²) < 4.78 is 5.35. The van der Waals surface area contributed by atoms with E-state index in [9.17, 15) is 9.59 Å². The molecular weight excluding hydrogens is 316 g/mol. The van der Waals surface area contributed by atoms with Crippen LogP contribution in [-0.4, -0.2) is 49.6 Å². The molecule has 1 heterocycles. The Hall–Kier alpha value is -1.88. The largest absolute Gasteiger partial charge is 0.378 e. The molecule has 1 N–H and O–H groups in total. The predicted octanol–water partition coefficient (Wildman–Crippen LogP) is 2.33. The smallest absolute Gasteiger partial charge is 0.232 e. The van der Waals surface area contributed by atoms with Gasteiger partial charge in [0.2, 0.25) is 11.8 Å². The number of amides is 2. The number of carbonyl (C=O) groups is 2. The molecular formula is C20H28N2O3. The summed E-state index contributed by atoms with van der Waals surface area (Å²) in [5.74, 6) is -0.180. The van der Waals surface area contributed by atoms with E-state index in [1.54, 1.807) is 0 Å². The van der Waals surface area contributed by atoms with Gasteiger partial charge in [0.05, 0.1) is 19.1 Å². The van der Waals surface area contributed by atoms with Crippen molar-refractivity contribution in [3.63, 3.8) is 0 Å². The van der Waals surface area contributed by atoms with E-state index in [0.29, 0.717) is 32.8 Å². The van der Waals surface area contributed by atoms with Crippen molar-refractivity contribution in [3.8, 4) is 0 Å². The first-order valence-electron chi connectivity index (χ1n) is 9.30. The highest BCUT2D eigenvalue weighted by Gasteiger charge is 2.37. The van der Waals surface area contributed by atoms with Gasteiger partial charge in [-0.2, -0.15) is 0 Å². The Morgan fingerprint density at radius 2 is 1.80 bits per heavy atom. The fourth-order valence-corrected chi connectivity index (χ4v) is 3.83. The Morgan fingerprint density at radius 1 is 1.16 bits per heavy atom. The third-order valence-electron chi connectivity index (χ3n) is 5.54. The lowest BCUT2D eigenvalue weighted by Gasteiger charge is -2.31. The maximum Gasteiger partial charge on any atom is 0.232 e. The highest BCUT2D eigenvalue weighted by molar-refractivity contribution is 5.86. The molecule has 1 aliphatic heterocycles. The summed E-state index contributed by atoms with van der Waals surface area (Å²) in [6.07, 6.45) is 4.09. The minimum absolute atomic E-state index is 0.0753. The highest BCUT2D eigenvalue weighted by atomic mass is 16.5. The number of morpholine rings is 1. The van der Waals surface area contributed by atoms with E-state index in [0.717, 1.165) is 31.2 Å². The van der Waals surface area contributed by atoms with Crippen molar-refractivity contribution in [2.45, 2.75) is 38.5 Å². The molecule has 0 aromatic heterocycles. The highest BCUT2D eigenvalue weighted by Crippen LogP contribution is 2.37. The van der Waals surface area contributed by atoms with Crippen molar-refractivity contribution < 1.29 is 14.3 Å². The fourth-order valence-electron chi connectivity index (χ4n) is 3.83. The van der Waals surface area contributed by atoms with E-state index in [1.165, 1.54) is 0 Å². The number of hydrogen-bond donors (Lipinski definition) is 1. The van der Waals surface area contributed by atoms with Gasteiger partial charge in [0.15, 0.2) is 0 Å². The van der Waals surface area contributed by atoms with Gasteiger partial charge in [0.25, 0.3) is 0 Å². The lowest BCUT2D eigenvalue weighted by Crippen LogP contribution is -2.47. The van der Waals surface area contributed by atoms with Gasteiger partial charge in [-0.05, 0) is 18.4 Å². The molecule has 1 saturated carbocycles. The van der Waals surface area contributed by atoms with Crippen LogP contribution in [0.2, 0.25) is 0 Å². The maximum absolute atomic E-state index is 13.0. The normalized spacial score (nSPS) is 20.9. The first-order valence-corrected chi connectivity index (χ1v) is 9.30. The molecule has 136 valence electrons. The van der Waals surface area contributed by atoms with Crippen LogP contribution in [0, 0.1) is 5.41 Å². The van der Waals surface area contributed by atoms with Gasteiger partial charge in [-0.15, -0.1) is 0 Å². The quantitative estimate of drug-likeness (QED) is 0.892. The fraction of sp³-hybridized carbons (Fsp3) is 0.600. The monoisotopic (exact) mass is 344 g/mol. The Morgan fingerprint density at radius 3 is 2.44 bits per heavy atom. The molecule has 5 nitrogen and oxygen atoms in total. The summed E-state index contributed by atoms with van der Waals surface area (Å²) in [5.41, 5.74) is 0.680. The van der Waals surface area contributed by atoms with Gasteiger partial charge in [-0.25, -0.2) is 0 Å². The van der Waals surface area contributed by atoms with Gasteiger partial charge in [-0.3, -0.25) is 9.59 Å². The summed E-state index contributed by atoms with van der Waals surface area (Å²) in [6, 6.07) is 9.75. The summed E-state index contributed by atoms with van der Waals surface area (Å²) >= 11 is 0. The average molecular weight is 344 g/mol. The van der Waals surface area contributed by atoms with E-state index in [-0.39, 0.29) is 23.1 Å². The Kier molecular flexibility index (Phi) is 5.74. The summed E-state index contributed by atoms with van der Waals surface area (Å²) in [6.45, 7) is 4.79. The van der Waals surface area contributed by atoms with Crippen molar-refractivity contribution in [1.82, 2.24) is 10.2 Å². The topological polar surface area (TPSA) is 58.6 Å². The number of carbonyl (C=O) groups excluding carboxylic acids is 2. The van der Waals surface area contributed by atoms with E-state index < -0.39 is 0 Å². The molecule has 2 aliphatic rings. The summed E-state index contributed by atoms with van der Waals surface area (Å²) in [5, 5.41) is 3.07. The summed E-state index contributed by atoms with van der Waals surface area (Å²) in [4.78, 5) is 27.5. The minimum atomic E-state index is -0.340. The summed E-state index contributed by atoms with van der Waals surface area (Å²) in [7, 11) is 0. The van der Waals surface area contributed by atoms with Crippen LogP contribution >= 0.6 is 0 Å². The van der Waals surface area contributed by atoms with Crippen LogP contribution in [-0.2, 0) is 14.3 Å². The third kappa shape index (κ3) is 4.21. The number of hydrogen-bond acceptors (Lipinski definition) is 3. The second-order valence-electron chi connectivity index (χ2n) is 7.38. The predicted molar refractivity (Wildman–Crippen MR) is 96.2 cm³/mol. The van der Waals surface area contributed by atoms with Crippen LogP contribution in [0.25, 0.3) is 0 Å². The van der Waals surface area contributed by atoms with Crippen LogP contribution in [0.4, 0.5) is 0 Å². The molecule has 1 aromatic carbocycles. The number of ether oxygens (including phenoxy) is 1. The van der Waals surface area contributed by atoms with Crippen LogP contribution in [0.1, 0.15) is 44.1 Å². The van der Waals surface area contributed by atoms with Crippen molar-refractivity contribution >= 4 is 11.8 Å². The Labute approximate surface area is 149 Å². The first-order chi connectivity index (χ1) is 12.1. The standard InChI is InChI=1S/C20H28N2O3/c1-20(9-5-6-10-20)19(24)21-15-17(16-7-3-2-4-8-16)18(23)22-11-13-25-14-12-22/h2-4,7-8,17H,5-6,9-15H2,1H3,(H,21,24)/t17-/m1/s1. The molecule has 2 amide bonds. The van der Waals surface area contributed by atoms with E-state index in [2.05, 4.69) is 5.32 Å². The molecule has 25 heavy (non-hydrogen) atoms. The molecule has 2 fully saturated rings.